The molecule has 4 nitrogen and oxygen atoms in total. The maximum absolute atomic E-state index is 12.8. The van der Waals surface area contributed by atoms with E-state index in [1.54, 1.807) is 6.07 Å². The average molecular weight is 405 g/mol. The van der Waals surface area contributed by atoms with Gasteiger partial charge in [0.15, 0.2) is 0 Å². The van der Waals surface area contributed by atoms with E-state index in [4.69, 9.17) is 0 Å². The zero-order valence-electron chi connectivity index (χ0n) is 16.3. The monoisotopic (exact) mass is 405 g/mol. The van der Waals surface area contributed by atoms with E-state index in [0.717, 1.165) is 38.7 Å². The molecule has 1 N–H and O–H groups in total. The quantitative estimate of drug-likeness (QED) is 0.769. The second kappa shape index (κ2) is 9.89. The molecule has 1 fully saturated rings. The van der Waals surface area contributed by atoms with Gasteiger partial charge in [-0.1, -0.05) is 48.5 Å². The van der Waals surface area contributed by atoms with E-state index in [1.807, 2.05) is 30.3 Å². The van der Waals surface area contributed by atoms with Gasteiger partial charge in [0.25, 0.3) is 0 Å². The van der Waals surface area contributed by atoms with Gasteiger partial charge in [-0.3, -0.25) is 14.6 Å². The van der Waals surface area contributed by atoms with Crippen LogP contribution in [0.4, 0.5) is 13.2 Å². The van der Waals surface area contributed by atoms with Crippen molar-refractivity contribution in [2.75, 3.05) is 39.3 Å². The van der Waals surface area contributed by atoms with Gasteiger partial charge in [0.05, 0.1) is 12.1 Å². The molecule has 0 spiro atoms. The lowest BCUT2D eigenvalue weighted by Crippen LogP contribution is -2.49. The molecular formula is C22H26F3N3O. The summed E-state index contributed by atoms with van der Waals surface area (Å²) in [5, 5.41) is 2.95. The van der Waals surface area contributed by atoms with Crippen molar-refractivity contribution in [2.45, 2.75) is 19.1 Å². The number of carbonyl (C=O) groups is 1. The van der Waals surface area contributed by atoms with Gasteiger partial charge in [0, 0.05) is 39.3 Å². The molecule has 0 saturated carbocycles. The number of halogens is 3. The van der Waals surface area contributed by atoms with E-state index in [2.05, 4.69) is 15.1 Å². The van der Waals surface area contributed by atoms with Gasteiger partial charge in [-0.15, -0.1) is 0 Å². The van der Waals surface area contributed by atoms with E-state index in [0.29, 0.717) is 25.2 Å². The number of carbonyl (C=O) groups excluding carboxylic acids is 1. The van der Waals surface area contributed by atoms with Crippen LogP contribution in [-0.4, -0.2) is 55.0 Å². The summed E-state index contributed by atoms with van der Waals surface area (Å²) in [4.78, 5) is 16.3. The zero-order valence-corrected chi connectivity index (χ0v) is 16.3. The largest absolute Gasteiger partial charge is 0.416 e. The highest BCUT2D eigenvalue weighted by Crippen LogP contribution is 2.29. The van der Waals surface area contributed by atoms with Crippen LogP contribution in [0.2, 0.25) is 0 Å². The number of alkyl halides is 3. The Bertz CT molecular complexity index is 787. The van der Waals surface area contributed by atoms with E-state index in [-0.39, 0.29) is 5.91 Å². The molecular weight excluding hydrogens is 379 g/mol. The molecule has 1 heterocycles. The van der Waals surface area contributed by atoms with E-state index >= 15 is 0 Å². The minimum atomic E-state index is -4.32. The molecule has 156 valence electrons. The van der Waals surface area contributed by atoms with Crippen LogP contribution in [0, 0.1) is 0 Å². The van der Waals surface area contributed by atoms with Crippen molar-refractivity contribution in [3.63, 3.8) is 0 Å². The van der Waals surface area contributed by atoms with Crippen LogP contribution in [-0.2, 0) is 23.9 Å². The topological polar surface area (TPSA) is 35.6 Å². The number of amides is 1. The van der Waals surface area contributed by atoms with Crippen molar-refractivity contribution in [1.82, 2.24) is 15.1 Å². The number of nitrogens with one attached hydrogen (secondary N) is 1. The van der Waals surface area contributed by atoms with Crippen LogP contribution in [0.25, 0.3) is 0 Å². The molecule has 2 aromatic carbocycles. The molecule has 7 heteroatoms. The third-order valence-corrected chi connectivity index (χ3v) is 5.07. The molecule has 0 bridgehead atoms. The van der Waals surface area contributed by atoms with Crippen molar-refractivity contribution >= 4 is 5.91 Å². The highest BCUT2D eigenvalue weighted by Gasteiger charge is 2.30. The van der Waals surface area contributed by atoms with Gasteiger partial charge >= 0.3 is 6.18 Å². The summed E-state index contributed by atoms with van der Waals surface area (Å²) < 4.78 is 38.5. The smallest absolute Gasteiger partial charge is 0.355 e. The number of nitrogens with zero attached hydrogens (tertiary/aromatic N) is 2. The normalized spacial score (nSPS) is 16.0. The lowest BCUT2D eigenvalue weighted by molar-refractivity contribution is -0.137. The average Bonchev–Trinajstić information content (AvgIpc) is 2.70. The van der Waals surface area contributed by atoms with Crippen LogP contribution in [0.3, 0.4) is 0 Å². The molecule has 0 aliphatic carbocycles. The Balaban J connectivity index is 1.37. The third kappa shape index (κ3) is 6.87. The predicted molar refractivity (Wildman–Crippen MR) is 106 cm³/mol. The fraction of sp³-hybridized carbons (Fsp3) is 0.409. The number of hydrogen-bond acceptors (Lipinski definition) is 3. The Hall–Kier alpha value is -2.38. The number of rotatable bonds is 7. The SMILES string of the molecule is O=C(CN1CCN(Cc2cccc(C(F)(F)F)c2)CC1)NCCc1ccccc1. The predicted octanol–water partition coefficient (Wildman–Crippen LogP) is 3.18. The molecule has 2 aromatic rings. The maximum Gasteiger partial charge on any atom is 0.416 e. The summed E-state index contributed by atoms with van der Waals surface area (Å²) in [6, 6.07) is 15.5. The van der Waals surface area contributed by atoms with E-state index in [1.165, 1.54) is 17.7 Å². The van der Waals surface area contributed by atoms with Gasteiger partial charge < -0.3 is 5.32 Å². The van der Waals surface area contributed by atoms with Crippen LogP contribution >= 0.6 is 0 Å². The Morgan fingerprint density at radius 1 is 0.897 bits per heavy atom. The second-order valence-electron chi connectivity index (χ2n) is 7.34. The molecule has 1 aliphatic rings. The Kier molecular flexibility index (Phi) is 7.28. The second-order valence-corrected chi connectivity index (χ2v) is 7.34. The van der Waals surface area contributed by atoms with Crippen LogP contribution in [0.5, 0.6) is 0 Å². The molecule has 3 rings (SSSR count). The summed E-state index contributed by atoms with van der Waals surface area (Å²) in [6.07, 6.45) is -3.51. The number of hydrogen-bond donors (Lipinski definition) is 1. The Morgan fingerprint density at radius 2 is 1.55 bits per heavy atom. The first kappa shape index (κ1) is 21.3. The molecule has 0 unspecified atom stereocenters. The van der Waals surface area contributed by atoms with Crippen LogP contribution in [0.15, 0.2) is 54.6 Å². The molecule has 1 saturated heterocycles. The summed E-state index contributed by atoms with van der Waals surface area (Å²) >= 11 is 0. The van der Waals surface area contributed by atoms with Gasteiger partial charge in [-0.25, -0.2) is 0 Å². The van der Waals surface area contributed by atoms with Crippen LogP contribution < -0.4 is 5.32 Å². The first-order valence-corrected chi connectivity index (χ1v) is 9.81. The molecule has 1 amide bonds. The van der Waals surface area contributed by atoms with Crippen molar-refractivity contribution in [3.8, 4) is 0 Å². The summed E-state index contributed by atoms with van der Waals surface area (Å²) in [6.45, 7) is 4.36. The van der Waals surface area contributed by atoms with Crippen LogP contribution in [0.1, 0.15) is 16.7 Å². The Labute approximate surface area is 169 Å². The summed E-state index contributed by atoms with van der Waals surface area (Å²) in [7, 11) is 0. The van der Waals surface area contributed by atoms with Gasteiger partial charge in [0.1, 0.15) is 0 Å². The molecule has 0 aromatic heterocycles. The van der Waals surface area contributed by atoms with Gasteiger partial charge in [0.2, 0.25) is 5.91 Å². The Morgan fingerprint density at radius 3 is 2.24 bits per heavy atom. The first-order chi connectivity index (χ1) is 13.9. The van der Waals surface area contributed by atoms with E-state index in [9.17, 15) is 18.0 Å². The first-order valence-electron chi connectivity index (χ1n) is 9.81. The fourth-order valence-electron chi connectivity index (χ4n) is 3.46. The van der Waals surface area contributed by atoms with Crippen molar-refractivity contribution in [3.05, 3.63) is 71.3 Å². The lowest BCUT2D eigenvalue weighted by atomic mass is 10.1. The molecule has 29 heavy (non-hydrogen) atoms. The minimum Gasteiger partial charge on any atom is -0.355 e. The third-order valence-electron chi connectivity index (χ3n) is 5.07. The molecule has 0 radical (unpaired) electrons. The van der Waals surface area contributed by atoms with E-state index < -0.39 is 11.7 Å². The van der Waals surface area contributed by atoms with Crippen molar-refractivity contribution in [1.29, 1.82) is 0 Å². The maximum atomic E-state index is 12.8. The van der Waals surface area contributed by atoms with Gasteiger partial charge in [-0.05, 0) is 23.6 Å². The summed E-state index contributed by atoms with van der Waals surface area (Å²) in [5.41, 5.74) is 1.24. The van der Waals surface area contributed by atoms with Crippen molar-refractivity contribution < 1.29 is 18.0 Å². The molecule has 0 atom stereocenters. The number of piperazine rings is 1. The zero-order chi connectivity index (χ0) is 20.7. The van der Waals surface area contributed by atoms with Gasteiger partial charge in [-0.2, -0.15) is 13.2 Å². The summed E-state index contributed by atoms with van der Waals surface area (Å²) in [5.74, 6) is 0.00672. The standard InChI is InChI=1S/C22H26F3N3O/c23-22(24,25)20-8-4-7-19(15-20)16-27-11-13-28(14-12-27)17-21(29)26-10-9-18-5-2-1-3-6-18/h1-8,15H,9-14,16-17H2,(H,26,29). The fourth-order valence-corrected chi connectivity index (χ4v) is 3.46. The van der Waals surface area contributed by atoms with Crippen molar-refractivity contribution in [2.24, 2.45) is 0 Å². The highest BCUT2D eigenvalue weighted by atomic mass is 19.4. The number of benzene rings is 2. The highest BCUT2D eigenvalue weighted by molar-refractivity contribution is 5.78. The molecule has 1 aliphatic heterocycles. The lowest BCUT2D eigenvalue weighted by Gasteiger charge is -2.34. The minimum absolute atomic E-state index is 0.00672.